The average Bonchev–Trinajstić information content (AvgIpc) is 3.27. The van der Waals surface area contributed by atoms with E-state index < -0.39 is 14.5 Å². The Morgan fingerprint density at radius 3 is 0.972 bits per heavy atom. The van der Waals surface area contributed by atoms with Crippen LogP contribution < -0.4 is 9.13 Å². The number of hydrogen-bond acceptors (Lipinski definition) is 0. The minimum absolute atomic E-state index is 1.22. The van der Waals surface area contributed by atoms with Crippen molar-refractivity contribution in [3.8, 4) is 22.8 Å². The second-order valence-corrected chi connectivity index (χ2v) is 7.41. The van der Waals surface area contributed by atoms with Gasteiger partial charge in [-0.3, -0.25) is 0 Å². The molecule has 4 nitrogen and oxygen atoms in total. The maximum atomic E-state index is 9.75. The second kappa shape index (κ2) is 13.5. The summed E-state index contributed by atoms with van der Waals surface area (Å²) in [6, 6.07) is 20.8. The summed E-state index contributed by atoms with van der Waals surface area (Å²) in [5.74, 6) is 2.45. The van der Waals surface area contributed by atoms with Gasteiger partial charge in [-0.25, -0.2) is 18.3 Å². The highest BCUT2D eigenvalue weighted by molar-refractivity contribution is 6.50. The van der Waals surface area contributed by atoms with E-state index in [1.807, 2.05) is 12.1 Å². The lowest BCUT2D eigenvalue weighted by molar-refractivity contribution is -0.659. The fraction of sp³-hybridized carbons (Fsp3) is 0.182. The molecule has 0 aliphatic heterocycles. The van der Waals surface area contributed by atoms with Gasteiger partial charge in [-0.05, 0) is 24.3 Å². The molecule has 0 N–H and O–H groups in total. The molecule has 2 heterocycles. The monoisotopic (exact) mass is 520 g/mol. The van der Waals surface area contributed by atoms with Crippen LogP contribution in [-0.2, 0) is 28.2 Å². The molecule has 0 saturated carbocycles. The highest BCUT2D eigenvalue weighted by atomic mass is 19.5. The van der Waals surface area contributed by atoms with Crippen LogP contribution in [0.15, 0.2) is 85.5 Å². The molecule has 36 heavy (non-hydrogen) atoms. The van der Waals surface area contributed by atoms with Gasteiger partial charge in [0, 0.05) is 0 Å². The zero-order valence-electron chi connectivity index (χ0n) is 20.1. The Bertz CT molecular complexity index is 1030. The van der Waals surface area contributed by atoms with E-state index in [9.17, 15) is 34.5 Å². The third kappa shape index (κ3) is 12.2. The molecule has 0 unspecified atom stereocenters. The Hall–Kier alpha value is -3.57. The number of halogens is 8. The summed E-state index contributed by atoms with van der Waals surface area (Å²) < 4.78 is 86.5. The van der Waals surface area contributed by atoms with Gasteiger partial charge in [-0.1, -0.05) is 36.4 Å². The Balaban J connectivity index is 0.000000266. The summed E-state index contributed by atoms with van der Waals surface area (Å²) >= 11 is 0. The first-order chi connectivity index (χ1) is 16.6. The standard InChI is InChI=1S/2C11H13N2.2BF4/c2*1-12-8-9-13(2)11(12)10-6-4-3-5-7-10;2*2-1(3,4)5/h2*3-9H,1-2H3;;/q2*+1;2*-1. The molecular weight excluding hydrogens is 494 g/mol. The van der Waals surface area contributed by atoms with Crippen LogP contribution in [0.5, 0.6) is 0 Å². The van der Waals surface area contributed by atoms with Crippen molar-refractivity contribution in [3.05, 3.63) is 85.5 Å². The molecule has 14 heteroatoms. The SMILES string of the molecule is Cn1cc[n+](C)c1-c1ccccc1.Cn1cc[n+](C)c1-c1ccccc1.F[B-](F)(F)F.F[B-](F)(F)F. The van der Waals surface area contributed by atoms with E-state index in [1.165, 1.54) is 22.8 Å². The molecule has 4 rings (SSSR count). The van der Waals surface area contributed by atoms with Crippen LogP contribution in [-0.4, -0.2) is 23.6 Å². The Kier molecular flexibility index (Phi) is 11.4. The zero-order valence-corrected chi connectivity index (χ0v) is 20.1. The smallest absolute Gasteiger partial charge is 0.418 e. The molecule has 0 fully saturated rings. The van der Waals surface area contributed by atoms with Gasteiger partial charge >= 0.3 is 14.5 Å². The molecule has 2 aromatic heterocycles. The van der Waals surface area contributed by atoms with Crippen LogP contribution >= 0.6 is 0 Å². The highest BCUT2D eigenvalue weighted by Gasteiger charge is 2.21. The molecule has 0 radical (unpaired) electrons. The highest BCUT2D eigenvalue weighted by Crippen LogP contribution is 2.14. The molecule has 0 bridgehead atoms. The molecule has 4 aromatic rings. The molecule has 196 valence electrons. The van der Waals surface area contributed by atoms with Crippen molar-refractivity contribution in [1.82, 2.24) is 9.13 Å². The number of aromatic nitrogens is 4. The van der Waals surface area contributed by atoms with E-state index in [1.54, 1.807) is 0 Å². The Labute approximate surface area is 204 Å². The molecule has 0 amide bonds. The predicted molar refractivity (Wildman–Crippen MR) is 124 cm³/mol. The van der Waals surface area contributed by atoms with Crippen molar-refractivity contribution in [2.24, 2.45) is 28.2 Å². The molecular formula is C22H26B2F8N4. The lowest BCUT2D eigenvalue weighted by atomic mass is 10.2. The van der Waals surface area contributed by atoms with Gasteiger partial charge in [0.1, 0.15) is 24.8 Å². The summed E-state index contributed by atoms with van der Waals surface area (Å²) in [4.78, 5) is 0. The van der Waals surface area contributed by atoms with Gasteiger partial charge in [0.15, 0.2) is 0 Å². The van der Waals surface area contributed by atoms with Crippen molar-refractivity contribution < 1.29 is 43.7 Å². The van der Waals surface area contributed by atoms with Crippen molar-refractivity contribution >= 4 is 14.5 Å². The number of hydrogen-bond donors (Lipinski definition) is 0. The topological polar surface area (TPSA) is 17.6 Å². The summed E-state index contributed by atoms with van der Waals surface area (Å²) in [7, 11) is -3.77. The van der Waals surface area contributed by atoms with E-state index in [2.05, 4.69) is 120 Å². The third-order valence-electron chi connectivity index (χ3n) is 4.43. The summed E-state index contributed by atoms with van der Waals surface area (Å²) in [6.45, 7) is 0. The van der Waals surface area contributed by atoms with E-state index in [0.29, 0.717) is 0 Å². The first kappa shape index (κ1) is 30.5. The Morgan fingerprint density at radius 1 is 0.528 bits per heavy atom. The van der Waals surface area contributed by atoms with Crippen molar-refractivity contribution in [2.45, 2.75) is 0 Å². The van der Waals surface area contributed by atoms with Crippen molar-refractivity contribution in [1.29, 1.82) is 0 Å². The minimum atomic E-state index is -6.00. The quantitative estimate of drug-likeness (QED) is 0.185. The van der Waals surface area contributed by atoms with Crippen LogP contribution in [0.25, 0.3) is 22.8 Å². The van der Waals surface area contributed by atoms with Gasteiger partial charge in [0.25, 0.3) is 11.6 Å². The van der Waals surface area contributed by atoms with Crippen LogP contribution in [0.3, 0.4) is 0 Å². The van der Waals surface area contributed by atoms with Crippen LogP contribution in [0.1, 0.15) is 0 Å². The van der Waals surface area contributed by atoms with Crippen LogP contribution in [0, 0.1) is 0 Å². The number of nitrogens with zero attached hydrogens (tertiary/aromatic N) is 4. The van der Waals surface area contributed by atoms with Crippen molar-refractivity contribution in [2.75, 3.05) is 0 Å². The number of aryl methyl sites for hydroxylation is 4. The van der Waals surface area contributed by atoms with E-state index in [-0.39, 0.29) is 0 Å². The van der Waals surface area contributed by atoms with Crippen molar-refractivity contribution in [3.63, 3.8) is 0 Å². The van der Waals surface area contributed by atoms with Crippen LogP contribution in [0.2, 0.25) is 0 Å². The molecule has 0 aliphatic carbocycles. The largest absolute Gasteiger partial charge is 0.673 e. The second-order valence-electron chi connectivity index (χ2n) is 7.41. The maximum Gasteiger partial charge on any atom is 0.673 e. The van der Waals surface area contributed by atoms with Gasteiger partial charge in [-0.15, -0.1) is 0 Å². The molecule has 2 aromatic carbocycles. The summed E-state index contributed by atoms with van der Waals surface area (Å²) in [5.41, 5.74) is 2.50. The maximum absolute atomic E-state index is 9.75. The van der Waals surface area contributed by atoms with Gasteiger partial charge in [0.05, 0.1) is 39.3 Å². The Morgan fingerprint density at radius 2 is 0.778 bits per heavy atom. The average molecular weight is 520 g/mol. The fourth-order valence-corrected chi connectivity index (χ4v) is 3.17. The molecule has 0 spiro atoms. The number of imidazole rings is 2. The summed E-state index contributed by atoms with van der Waals surface area (Å²) in [6.07, 6.45) is 8.23. The van der Waals surface area contributed by atoms with Gasteiger partial charge in [0.2, 0.25) is 0 Å². The first-order valence-electron chi connectivity index (χ1n) is 10.4. The minimum Gasteiger partial charge on any atom is -0.418 e. The predicted octanol–water partition coefficient (Wildman–Crippen LogP) is 5.63. The third-order valence-corrected chi connectivity index (χ3v) is 4.43. The fourth-order valence-electron chi connectivity index (χ4n) is 3.17. The lowest BCUT2D eigenvalue weighted by Gasteiger charge is -1.97. The normalized spacial score (nSPS) is 10.8. The number of rotatable bonds is 2. The van der Waals surface area contributed by atoms with E-state index >= 15 is 0 Å². The molecule has 0 saturated heterocycles. The van der Waals surface area contributed by atoms with Crippen LogP contribution in [0.4, 0.5) is 34.5 Å². The summed E-state index contributed by atoms with van der Waals surface area (Å²) in [5, 5.41) is 0. The van der Waals surface area contributed by atoms with Gasteiger partial charge < -0.3 is 34.5 Å². The van der Waals surface area contributed by atoms with E-state index in [0.717, 1.165) is 0 Å². The lowest BCUT2D eigenvalue weighted by Crippen LogP contribution is -2.28. The molecule has 0 aliphatic rings. The first-order valence-corrected chi connectivity index (χ1v) is 10.4. The van der Waals surface area contributed by atoms with E-state index in [4.69, 9.17) is 0 Å². The zero-order chi connectivity index (χ0) is 27.5. The molecule has 0 atom stereocenters. The van der Waals surface area contributed by atoms with Gasteiger partial charge in [-0.2, -0.15) is 0 Å². The number of benzene rings is 2.